The van der Waals surface area contributed by atoms with Gasteiger partial charge in [0.15, 0.2) is 0 Å². The highest BCUT2D eigenvalue weighted by Crippen LogP contribution is 2.27. The van der Waals surface area contributed by atoms with Crippen molar-refractivity contribution in [2.45, 2.75) is 32.7 Å². The Labute approximate surface area is 136 Å². The van der Waals surface area contributed by atoms with E-state index in [-0.39, 0.29) is 5.54 Å². The van der Waals surface area contributed by atoms with Crippen LogP contribution in [0.3, 0.4) is 0 Å². The molecule has 0 bridgehead atoms. The van der Waals surface area contributed by atoms with Gasteiger partial charge in [-0.15, -0.1) is 0 Å². The first kappa shape index (κ1) is 16.9. The number of nitrogens with two attached hydrogens (primary N) is 1. The molecule has 0 saturated heterocycles. The summed E-state index contributed by atoms with van der Waals surface area (Å²) in [6, 6.07) is 7.82. The summed E-state index contributed by atoms with van der Waals surface area (Å²) in [4.78, 5) is 15.8. The minimum Gasteiger partial charge on any atom is -0.449 e. The largest absolute Gasteiger partial charge is 0.449 e. The molecule has 0 radical (unpaired) electrons. The predicted octanol–water partition coefficient (Wildman–Crippen LogP) is 3.14. The van der Waals surface area contributed by atoms with Gasteiger partial charge >= 0.3 is 6.09 Å². The van der Waals surface area contributed by atoms with Gasteiger partial charge in [-0.1, -0.05) is 18.2 Å². The van der Waals surface area contributed by atoms with E-state index in [1.807, 2.05) is 45.0 Å². The molecule has 1 aromatic carbocycles. The Morgan fingerprint density at radius 2 is 2.04 bits per heavy atom. The second kappa shape index (κ2) is 7.17. The number of nitrogens with zero attached hydrogens (tertiary/aromatic N) is 1. The number of aromatic nitrogens is 1. The van der Waals surface area contributed by atoms with Crippen molar-refractivity contribution < 1.29 is 9.53 Å². The summed E-state index contributed by atoms with van der Waals surface area (Å²) in [7, 11) is 0. The number of carbonyl (C=O) groups excluding carboxylic acids is 1. The number of nitrogens with one attached hydrogen (secondary N) is 2. The number of fused-ring (bicyclic) bond motifs is 1. The molecule has 0 unspecified atom stereocenters. The predicted molar refractivity (Wildman–Crippen MR) is 93.5 cm³/mol. The normalized spacial score (nSPS) is 11.3. The molecule has 0 spiro atoms. The topological polar surface area (TPSA) is 89.3 Å². The molecule has 2 aromatic rings. The van der Waals surface area contributed by atoms with E-state index in [2.05, 4.69) is 15.6 Å². The number of ether oxygens (including phenoxy) is 1. The number of rotatable bonds is 5. The maximum atomic E-state index is 11.5. The Morgan fingerprint density at radius 1 is 1.30 bits per heavy atom. The molecule has 6 heteroatoms. The summed E-state index contributed by atoms with van der Waals surface area (Å²) in [5, 5.41) is 7.04. The third kappa shape index (κ3) is 5.02. The number of amides is 1. The SMILES string of the molecule is CC(C)(C)NC(=O)OCCCNc1c(N)cnc2ccccc12. The highest BCUT2D eigenvalue weighted by molar-refractivity contribution is 5.96. The summed E-state index contributed by atoms with van der Waals surface area (Å²) in [5.41, 5.74) is 8.08. The van der Waals surface area contributed by atoms with Gasteiger partial charge in [-0.3, -0.25) is 4.98 Å². The minimum atomic E-state index is -0.397. The van der Waals surface area contributed by atoms with Gasteiger partial charge in [-0.25, -0.2) is 4.79 Å². The first-order chi connectivity index (χ1) is 10.9. The fraction of sp³-hybridized carbons (Fsp3) is 0.412. The van der Waals surface area contributed by atoms with E-state index < -0.39 is 6.09 Å². The highest BCUT2D eigenvalue weighted by Gasteiger charge is 2.14. The molecule has 1 amide bonds. The van der Waals surface area contributed by atoms with Crippen LogP contribution in [0.5, 0.6) is 0 Å². The van der Waals surface area contributed by atoms with Crippen molar-refractivity contribution in [2.75, 3.05) is 24.2 Å². The number of benzene rings is 1. The fourth-order valence-electron chi connectivity index (χ4n) is 2.15. The second-order valence-corrected chi connectivity index (χ2v) is 6.40. The maximum Gasteiger partial charge on any atom is 0.407 e. The number of para-hydroxylation sites is 1. The summed E-state index contributed by atoms with van der Waals surface area (Å²) in [6.07, 6.45) is 1.94. The Hall–Kier alpha value is -2.50. The zero-order valence-corrected chi connectivity index (χ0v) is 13.8. The lowest BCUT2D eigenvalue weighted by Gasteiger charge is -2.20. The molecule has 0 atom stereocenters. The van der Waals surface area contributed by atoms with Crippen LogP contribution >= 0.6 is 0 Å². The molecule has 23 heavy (non-hydrogen) atoms. The van der Waals surface area contributed by atoms with Crippen LogP contribution in [0.25, 0.3) is 10.9 Å². The van der Waals surface area contributed by atoms with Crippen molar-refractivity contribution in [1.82, 2.24) is 10.3 Å². The van der Waals surface area contributed by atoms with Crippen LogP contribution in [-0.2, 0) is 4.74 Å². The lowest BCUT2D eigenvalue weighted by molar-refractivity contribution is 0.137. The van der Waals surface area contributed by atoms with Crippen molar-refractivity contribution in [1.29, 1.82) is 0 Å². The van der Waals surface area contributed by atoms with Crippen molar-refractivity contribution in [2.24, 2.45) is 0 Å². The zero-order valence-electron chi connectivity index (χ0n) is 13.8. The van der Waals surface area contributed by atoms with Crippen LogP contribution in [0.1, 0.15) is 27.2 Å². The first-order valence-corrected chi connectivity index (χ1v) is 7.69. The van der Waals surface area contributed by atoms with E-state index in [0.29, 0.717) is 25.3 Å². The van der Waals surface area contributed by atoms with Gasteiger partial charge < -0.3 is 21.1 Å². The fourth-order valence-corrected chi connectivity index (χ4v) is 2.15. The number of pyridine rings is 1. The molecule has 124 valence electrons. The van der Waals surface area contributed by atoms with Gasteiger partial charge in [0, 0.05) is 17.5 Å². The van der Waals surface area contributed by atoms with Gasteiger partial charge in [-0.2, -0.15) is 0 Å². The van der Waals surface area contributed by atoms with Crippen LogP contribution in [0.15, 0.2) is 30.5 Å². The summed E-state index contributed by atoms with van der Waals surface area (Å²) >= 11 is 0. The molecule has 0 aliphatic heterocycles. The molecular formula is C17H24N4O2. The van der Waals surface area contributed by atoms with Crippen molar-refractivity contribution in [3.05, 3.63) is 30.5 Å². The van der Waals surface area contributed by atoms with Gasteiger partial charge in [-0.05, 0) is 33.3 Å². The molecule has 0 fully saturated rings. The minimum absolute atomic E-state index is 0.292. The number of hydrogen-bond donors (Lipinski definition) is 3. The average molecular weight is 316 g/mol. The Kier molecular flexibility index (Phi) is 5.26. The van der Waals surface area contributed by atoms with Crippen LogP contribution in [0.4, 0.5) is 16.2 Å². The van der Waals surface area contributed by atoms with Gasteiger partial charge in [0.25, 0.3) is 0 Å². The molecule has 6 nitrogen and oxygen atoms in total. The van der Waals surface area contributed by atoms with Gasteiger partial charge in [0.05, 0.1) is 29.7 Å². The lowest BCUT2D eigenvalue weighted by Crippen LogP contribution is -2.41. The summed E-state index contributed by atoms with van der Waals surface area (Å²) < 4.78 is 5.14. The van der Waals surface area contributed by atoms with Crippen LogP contribution in [0.2, 0.25) is 0 Å². The molecule has 2 rings (SSSR count). The van der Waals surface area contributed by atoms with Gasteiger partial charge in [0.1, 0.15) is 0 Å². The average Bonchev–Trinajstić information content (AvgIpc) is 2.47. The summed E-state index contributed by atoms with van der Waals surface area (Å²) in [5.74, 6) is 0. The van der Waals surface area contributed by atoms with Crippen LogP contribution in [0, 0.1) is 0 Å². The zero-order chi connectivity index (χ0) is 16.9. The van der Waals surface area contributed by atoms with Gasteiger partial charge in [0.2, 0.25) is 0 Å². The van der Waals surface area contributed by atoms with Crippen LogP contribution < -0.4 is 16.4 Å². The Balaban J connectivity index is 1.83. The van der Waals surface area contributed by atoms with Crippen molar-refractivity contribution >= 4 is 28.4 Å². The van der Waals surface area contributed by atoms with E-state index in [4.69, 9.17) is 10.5 Å². The van der Waals surface area contributed by atoms with E-state index in [0.717, 1.165) is 16.6 Å². The van der Waals surface area contributed by atoms with Crippen LogP contribution in [-0.4, -0.2) is 29.8 Å². The molecule has 4 N–H and O–H groups in total. The standard InChI is InChI=1S/C17H24N4O2/c1-17(2,3)21-16(22)23-10-6-9-19-15-12-7-4-5-8-14(12)20-11-13(15)18/h4-5,7-8,11H,6,9-10,18H2,1-3H3,(H,19,20)(H,21,22). The second-order valence-electron chi connectivity index (χ2n) is 6.40. The quantitative estimate of drug-likeness (QED) is 0.737. The number of alkyl carbamates (subject to hydrolysis) is 1. The first-order valence-electron chi connectivity index (χ1n) is 7.69. The summed E-state index contributed by atoms with van der Waals surface area (Å²) in [6.45, 7) is 6.73. The molecular weight excluding hydrogens is 292 g/mol. The number of hydrogen-bond acceptors (Lipinski definition) is 5. The van der Waals surface area contributed by atoms with Crippen molar-refractivity contribution in [3.63, 3.8) is 0 Å². The number of anilines is 2. The molecule has 0 aliphatic carbocycles. The van der Waals surface area contributed by atoms with E-state index in [1.165, 1.54) is 0 Å². The maximum absolute atomic E-state index is 11.5. The smallest absolute Gasteiger partial charge is 0.407 e. The Morgan fingerprint density at radius 3 is 2.78 bits per heavy atom. The lowest BCUT2D eigenvalue weighted by atomic mass is 10.1. The Bertz CT molecular complexity index is 680. The van der Waals surface area contributed by atoms with E-state index >= 15 is 0 Å². The molecule has 0 saturated carbocycles. The molecule has 1 heterocycles. The van der Waals surface area contributed by atoms with Crippen molar-refractivity contribution in [3.8, 4) is 0 Å². The number of nitrogen functional groups attached to an aromatic ring is 1. The highest BCUT2D eigenvalue weighted by atomic mass is 16.5. The molecule has 1 aromatic heterocycles. The molecule has 0 aliphatic rings. The van der Waals surface area contributed by atoms with E-state index in [1.54, 1.807) is 6.20 Å². The third-order valence-corrected chi connectivity index (χ3v) is 3.14. The van der Waals surface area contributed by atoms with E-state index in [9.17, 15) is 4.79 Å². The number of carbonyl (C=O) groups is 1. The third-order valence-electron chi connectivity index (χ3n) is 3.14. The monoisotopic (exact) mass is 316 g/mol.